The van der Waals surface area contributed by atoms with E-state index in [2.05, 4.69) is 78.3 Å². The van der Waals surface area contributed by atoms with E-state index in [4.69, 9.17) is 4.74 Å². The summed E-state index contributed by atoms with van der Waals surface area (Å²) in [6.07, 6.45) is 6.73. The number of rotatable bonds is 9. The molecule has 2 aromatic carbocycles. The molecular weight excluding hydrogens is 344 g/mol. The summed E-state index contributed by atoms with van der Waals surface area (Å²) >= 11 is 0. The maximum atomic E-state index is 5.91. The van der Waals surface area contributed by atoms with Crippen molar-refractivity contribution in [3.8, 4) is 5.75 Å². The van der Waals surface area contributed by atoms with Crippen molar-refractivity contribution in [1.82, 2.24) is 4.98 Å². The van der Waals surface area contributed by atoms with Crippen molar-refractivity contribution in [2.24, 2.45) is 0 Å². The van der Waals surface area contributed by atoms with Crippen LogP contribution in [0.5, 0.6) is 5.75 Å². The number of nitrogens with zero attached hydrogens (tertiary/aromatic N) is 2. The fourth-order valence-corrected chi connectivity index (χ4v) is 3.22. The van der Waals surface area contributed by atoms with Crippen molar-refractivity contribution in [3.05, 3.63) is 78.1 Å². The zero-order valence-electron chi connectivity index (χ0n) is 17.2. The first-order chi connectivity index (χ1) is 13.7. The third-order valence-electron chi connectivity index (χ3n) is 4.79. The lowest BCUT2D eigenvalue weighted by molar-refractivity contribution is 0.305. The molecule has 146 valence electrons. The highest BCUT2D eigenvalue weighted by atomic mass is 16.5. The molecule has 3 nitrogen and oxygen atoms in total. The minimum absolute atomic E-state index is 0.782. The zero-order chi connectivity index (χ0) is 19.8. The number of aryl methyl sites for hydroxylation is 2. The van der Waals surface area contributed by atoms with E-state index in [1.807, 2.05) is 19.2 Å². The lowest BCUT2D eigenvalue weighted by Gasteiger charge is -2.26. The van der Waals surface area contributed by atoms with Crippen molar-refractivity contribution in [2.75, 3.05) is 11.5 Å². The number of anilines is 3. The van der Waals surface area contributed by atoms with Crippen molar-refractivity contribution >= 4 is 17.1 Å². The number of hydrogen-bond donors (Lipinski definition) is 0. The van der Waals surface area contributed by atoms with Crippen molar-refractivity contribution in [2.45, 2.75) is 46.5 Å². The smallest absolute Gasteiger partial charge is 0.119 e. The van der Waals surface area contributed by atoms with E-state index in [-0.39, 0.29) is 0 Å². The van der Waals surface area contributed by atoms with Crippen LogP contribution in [0, 0.1) is 13.8 Å². The molecule has 1 aromatic heterocycles. The quantitative estimate of drug-likeness (QED) is 0.373. The summed E-state index contributed by atoms with van der Waals surface area (Å²) < 4.78 is 5.91. The number of ether oxygens (including phenoxy) is 1. The van der Waals surface area contributed by atoms with E-state index in [0.29, 0.717) is 0 Å². The standard InChI is InChI=1S/C25H30N2O/c1-4-5-6-7-18-28-25-14-12-23(13-15-25)27(22-10-8-20(2)9-11-22)24-16-17-26-21(3)19-24/h8-17,19H,4-7,18H2,1-3H3. The molecule has 3 aromatic rings. The molecule has 0 atom stereocenters. The Kier molecular flexibility index (Phi) is 7.07. The zero-order valence-corrected chi connectivity index (χ0v) is 17.2. The van der Waals surface area contributed by atoms with Gasteiger partial charge in [-0.1, -0.05) is 43.9 Å². The van der Waals surface area contributed by atoms with Gasteiger partial charge in [-0.25, -0.2) is 0 Å². The van der Waals surface area contributed by atoms with Crippen molar-refractivity contribution in [3.63, 3.8) is 0 Å². The van der Waals surface area contributed by atoms with Gasteiger partial charge in [0.25, 0.3) is 0 Å². The monoisotopic (exact) mass is 374 g/mol. The van der Waals surface area contributed by atoms with E-state index < -0.39 is 0 Å². The molecule has 0 N–H and O–H groups in total. The maximum Gasteiger partial charge on any atom is 0.119 e. The summed E-state index contributed by atoms with van der Waals surface area (Å²) in [5, 5.41) is 0. The Bertz CT molecular complexity index is 856. The maximum absolute atomic E-state index is 5.91. The number of hydrogen-bond acceptors (Lipinski definition) is 3. The van der Waals surface area contributed by atoms with Crippen LogP contribution in [0.2, 0.25) is 0 Å². The molecule has 0 aliphatic carbocycles. The van der Waals surface area contributed by atoms with E-state index in [0.717, 1.165) is 41.5 Å². The van der Waals surface area contributed by atoms with Gasteiger partial charge in [0, 0.05) is 29.0 Å². The minimum atomic E-state index is 0.782. The molecule has 0 amide bonds. The molecule has 1 heterocycles. The average molecular weight is 375 g/mol. The first-order valence-corrected chi connectivity index (χ1v) is 10.2. The van der Waals surface area contributed by atoms with Gasteiger partial charge in [0.1, 0.15) is 5.75 Å². The van der Waals surface area contributed by atoms with E-state index >= 15 is 0 Å². The summed E-state index contributed by atoms with van der Waals surface area (Å²) in [5.74, 6) is 0.926. The third-order valence-corrected chi connectivity index (χ3v) is 4.79. The summed E-state index contributed by atoms with van der Waals surface area (Å²) in [4.78, 5) is 6.60. The van der Waals surface area contributed by atoms with Gasteiger partial charge in [0.2, 0.25) is 0 Å². The molecule has 0 spiro atoms. The molecule has 0 fully saturated rings. The molecule has 0 unspecified atom stereocenters. The Morgan fingerprint density at radius 2 is 1.46 bits per heavy atom. The van der Waals surface area contributed by atoms with Gasteiger partial charge in [0.15, 0.2) is 0 Å². The van der Waals surface area contributed by atoms with Crippen LogP contribution in [0.15, 0.2) is 66.9 Å². The topological polar surface area (TPSA) is 25.4 Å². The highest BCUT2D eigenvalue weighted by Gasteiger charge is 2.13. The van der Waals surface area contributed by atoms with Gasteiger partial charge in [-0.05, 0) is 68.8 Å². The number of unbranched alkanes of at least 4 members (excludes halogenated alkanes) is 3. The van der Waals surface area contributed by atoms with Crippen LogP contribution >= 0.6 is 0 Å². The second-order valence-corrected chi connectivity index (χ2v) is 7.23. The van der Waals surface area contributed by atoms with Crippen LogP contribution in [0.25, 0.3) is 0 Å². The predicted molar refractivity (Wildman–Crippen MR) is 118 cm³/mol. The second-order valence-electron chi connectivity index (χ2n) is 7.23. The molecule has 0 bridgehead atoms. The highest BCUT2D eigenvalue weighted by Crippen LogP contribution is 2.35. The predicted octanol–water partition coefficient (Wildman–Crippen LogP) is 7.13. The Morgan fingerprint density at radius 1 is 0.786 bits per heavy atom. The number of aromatic nitrogens is 1. The fraction of sp³-hybridized carbons (Fsp3) is 0.320. The summed E-state index contributed by atoms with van der Waals surface area (Å²) in [6, 6.07) is 21.1. The molecule has 0 aliphatic rings. The lowest BCUT2D eigenvalue weighted by atomic mass is 10.1. The largest absolute Gasteiger partial charge is 0.494 e. The molecule has 28 heavy (non-hydrogen) atoms. The van der Waals surface area contributed by atoms with E-state index in [9.17, 15) is 0 Å². The first-order valence-electron chi connectivity index (χ1n) is 10.2. The summed E-state index contributed by atoms with van der Waals surface area (Å²) in [6.45, 7) is 7.14. The van der Waals surface area contributed by atoms with Crippen LogP contribution in [-0.2, 0) is 0 Å². The van der Waals surface area contributed by atoms with Gasteiger partial charge >= 0.3 is 0 Å². The van der Waals surface area contributed by atoms with Crippen LogP contribution < -0.4 is 9.64 Å². The van der Waals surface area contributed by atoms with E-state index in [1.165, 1.54) is 24.8 Å². The lowest BCUT2D eigenvalue weighted by Crippen LogP contribution is -2.10. The summed E-state index contributed by atoms with van der Waals surface area (Å²) in [5.41, 5.74) is 5.59. The van der Waals surface area contributed by atoms with Crippen molar-refractivity contribution in [1.29, 1.82) is 0 Å². The van der Waals surface area contributed by atoms with Gasteiger partial charge in [0.05, 0.1) is 6.61 Å². The van der Waals surface area contributed by atoms with Crippen LogP contribution in [-0.4, -0.2) is 11.6 Å². The average Bonchev–Trinajstić information content (AvgIpc) is 2.71. The normalized spacial score (nSPS) is 10.7. The van der Waals surface area contributed by atoms with Crippen LogP contribution in [0.1, 0.15) is 43.9 Å². The van der Waals surface area contributed by atoms with Gasteiger partial charge in [-0.3, -0.25) is 4.98 Å². The van der Waals surface area contributed by atoms with Gasteiger partial charge in [-0.2, -0.15) is 0 Å². The van der Waals surface area contributed by atoms with Gasteiger partial charge in [-0.15, -0.1) is 0 Å². The molecular formula is C25H30N2O. The third kappa shape index (κ3) is 5.35. The van der Waals surface area contributed by atoms with E-state index in [1.54, 1.807) is 0 Å². The second kappa shape index (κ2) is 9.93. The summed E-state index contributed by atoms with van der Waals surface area (Å²) in [7, 11) is 0. The van der Waals surface area contributed by atoms with Crippen molar-refractivity contribution < 1.29 is 4.74 Å². The first kappa shape index (κ1) is 19.9. The molecule has 0 aliphatic heterocycles. The minimum Gasteiger partial charge on any atom is -0.494 e. The van der Waals surface area contributed by atoms with Gasteiger partial charge < -0.3 is 9.64 Å². The SMILES string of the molecule is CCCCCCOc1ccc(N(c2ccc(C)cc2)c2ccnc(C)c2)cc1. The Morgan fingerprint density at radius 3 is 2.11 bits per heavy atom. The molecule has 3 rings (SSSR count). The Hall–Kier alpha value is -2.81. The Labute approximate surface area is 169 Å². The Balaban J connectivity index is 1.81. The molecule has 0 saturated carbocycles. The van der Waals surface area contributed by atoms with Crippen LogP contribution in [0.4, 0.5) is 17.1 Å². The molecule has 3 heteroatoms. The van der Waals surface area contributed by atoms with Crippen LogP contribution in [0.3, 0.4) is 0 Å². The fourth-order valence-electron chi connectivity index (χ4n) is 3.22. The highest BCUT2D eigenvalue weighted by molar-refractivity contribution is 5.76. The number of pyridine rings is 1. The molecule has 0 saturated heterocycles. The number of benzene rings is 2. The molecule has 0 radical (unpaired) electrons.